The third-order valence-electron chi connectivity index (χ3n) is 5.19. The lowest BCUT2D eigenvalue weighted by atomic mass is 9.98. The van der Waals surface area contributed by atoms with Gasteiger partial charge in [0.05, 0.1) is 16.7 Å². The normalized spacial score (nSPS) is 10.9. The standard InChI is InChI=1S/C24H27Cl2N3O3/c1-4-7-8-11-31-22-19(25)13-17(14-20(22)26)24(30)27-23-21(28-32-29-23)18-12-15(5-2)9-10-16(18)6-3/h9-10,12-14H,4-8,11H2,1-3H3,(H,27,29,30). The first-order valence-corrected chi connectivity index (χ1v) is 11.6. The number of hydrogen-bond acceptors (Lipinski definition) is 5. The number of anilines is 1. The minimum Gasteiger partial charge on any atom is -0.490 e. The topological polar surface area (TPSA) is 77.2 Å². The highest BCUT2D eigenvalue weighted by Crippen LogP contribution is 2.35. The Labute approximate surface area is 198 Å². The number of aryl methyl sites for hydroxylation is 2. The van der Waals surface area contributed by atoms with Gasteiger partial charge in [-0.05, 0) is 58.9 Å². The summed E-state index contributed by atoms with van der Waals surface area (Å²) in [6.45, 7) is 6.78. The van der Waals surface area contributed by atoms with E-state index >= 15 is 0 Å². The van der Waals surface area contributed by atoms with Crippen molar-refractivity contribution in [2.24, 2.45) is 0 Å². The molecule has 0 atom stereocenters. The molecule has 0 aliphatic heterocycles. The summed E-state index contributed by atoms with van der Waals surface area (Å²) in [5, 5.41) is 11.3. The van der Waals surface area contributed by atoms with E-state index in [2.05, 4.69) is 48.5 Å². The number of halogens is 2. The molecule has 1 amide bonds. The SMILES string of the molecule is CCCCCOc1c(Cl)cc(C(=O)Nc2nonc2-c2cc(CC)ccc2CC)cc1Cl. The van der Waals surface area contributed by atoms with Crippen molar-refractivity contribution in [1.29, 1.82) is 0 Å². The monoisotopic (exact) mass is 475 g/mol. The van der Waals surface area contributed by atoms with Crippen molar-refractivity contribution in [3.63, 3.8) is 0 Å². The van der Waals surface area contributed by atoms with Crippen LogP contribution < -0.4 is 10.1 Å². The molecule has 1 heterocycles. The molecule has 0 radical (unpaired) electrons. The van der Waals surface area contributed by atoms with Crippen molar-refractivity contribution in [3.8, 4) is 17.0 Å². The maximum atomic E-state index is 12.9. The molecule has 0 aliphatic carbocycles. The molecule has 8 heteroatoms. The number of nitrogens with one attached hydrogen (secondary N) is 1. The molecular formula is C24H27Cl2N3O3. The van der Waals surface area contributed by atoms with Gasteiger partial charge in [-0.3, -0.25) is 4.79 Å². The second-order valence-electron chi connectivity index (χ2n) is 7.44. The van der Waals surface area contributed by atoms with Gasteiger partial charge in [0.15, 0.2) is 11.4 Å². The molecule has 0 bridgehead atoms. The van der Waals surface area contributed by atoms with E-state index in [0.29, 0.717) is 18.1 Å². The molecule has 0 spiro atoms. The number of benzene rings is 2. The number of hydrogen-bond donors (Lipinski definition) is 1. The number of carbonyl (C=O) groups is 1. The molecular weight excluding hydrogens is 449 g/mol. The van der Waals surface area contributed by atoms with Gasteiger partial charge in [-0.2, -0.15) is 0 Å². The third kappa shape index (κ3) is 5.61. The zero-order chi connectivity index (χ0) is 23.1. The molecule has 0 saturated heterocycles. The predicted octanol–water partition coefficient (Wildman–Crippen LogP) is 6.99. The summed E-state index contributed by atoms with van der Waals surface area (Å²) >= 11 is 12.7. The van der Waals surface area contributed by atoms with Gasteiger partial charge in [0.25, 0.3) is 5.91 Å². The van der Waals surface area contributed by atoms with E-state index in [-0.39, 0.29) is 21.4 Å². The van der Waals surface area contributed by atoms with Gasteiger partial charge in [0.1, 0.15) is 0 Å². The summed E-state index contributed by atoms with van der Waals surface area (Å²) in [4.78, 5) is 12.9. The van der Waals surface area contributed by atoms with Crippen LogP contribution in [-0.4, -0.2) is 22.8 Å². The van der Waals surface area contributed by atoms with E-state index in [1.807, 2.05) is 6.07 Å². The minimum atomic E-state index is -0.423. The summed E-state index contributed by atoms with van der Waals surface area (Å²) < 4.78 is 10.7. The summed E-state index contributed by atoms with van der Waals surface area (Å²) in [6, 6.07) is 9.25. The molecule has 170 valence electrons. The molecule has 2 aromatic carbocycles. The highest BCUT2D eigenvalue weighted by atomic mass is 35.5. The molecule has 1 aromatic heterocycles. The van der Waals surface area contributed by atoms with Crippen LogP contribution in [0.25, 0.3) is 11.3 Å². The molecule has 3 rings (SSSR count). The van der Waals surface area contributed by atoms with Gasteiger partial charge < -0.3 is 10.1 Å². The van der Waals surface area contributed by atoms with Gasteiger partial charge in [0, 0.05) is 11.1 Å². The van der Waals surface area contributed by atoms with E-state index in [1.165, 1.54) is 12.1 Å². The van der Waals surface area contributed by atoms with Crippen molar-refractivity contribution in [2.75, 3.05) is 11.9 Å². The number of aromatic nitrogens is 2. The van der Waals surface area contributed by atoms with Crippen molar-refractivity contribution in [1.82, 2.24) is 10.3 Å². The largest absolute Gasteiger partial charge is 0.490 e. The summed E-state index contributed by atoms with van der Waals surface area (Å²) in [7, 11) is 0. The average molecular weight is 476 g/mol. The van der Waals surface area contributed by atoms with Crippen molar-refractivity contribution in [2.45, 2.75) is 52.9 Å². The Balaban J connectivity index is 1.82. The number of nitrogens with zero attached hydrogens (tertiary/aromatic N) is 2. The Hall–Kier alpha value is -2.57. The fraction of sp³-hybridized carbons (Fsp3) is 0.375. The lowest BCUT2D eigenvalue weighted by Gasteiger charge is -2.12. The van der Waals surface area contributed by atoms with Crippen molar-refractivity contribution in [3.05, 3.63) is 57.1 Å². The fourth-order valence-electron chi connectivity index (χ4n) is 3.35. The zero-order valence-electron chi connectivity index (χ0n) is 18.5. The highest BCUT2D eigenvalue weighted by molar-refractivity contribution is 6.37. The summed E-state index contributed by atoms with van der Waals surface area (Å²) in [6.07, 6.45) is 4.75. The molecule has 0 saturated carbocycles. The Morgan fingerprint density at radius 1 is 1.03 bits per heavy atom. The Kier molecular flexibility index (Phi) is 8.53. The molecule has 32 heavy (non-hydrogen) atoms. The Morgan fingerprint density at radius 2 is 1.78 bits per heavy atom. The number of rotatable bonds is 10. The molecule has 0 fully saturated rings. The first-order chi connectivity index (χ1) is 15.5. The maximum absolute atomic E-state index is 12.9. The Morgan fingerprint density at radius 3 is 2.44 bits per heavy atom. The fourth-order valence-corrected chi connectivity index (χ4v) is 3.95. The van der Waals surface area contributed by atoms with Crippen LogP contribution in [0.1, 0.15) is 61.5 Å². The predicted molar refractivity (Wildman–Crippen MR) is 128 cm³/mol. The van der Waals surface area contributed by atoms with Gasteiger partial charge in [-0.15, -0.1) is 0 Å². The lowest BCUT2D eigenvalue weighted by molar-refractivity contribution is 0.102. The second kappa shape index (κ2) is 11.3. The molecule has 6 nitrogen and oxygen atoms in total. The zero-order valence-corrected chi connectivity index (χ0v) is 20.0. The van der Waals surface area contributed by atoms with Crippen LogP contribution >= 0.6 is 23.2 Å². The lowest BCUT2D eigenvalue weighted by Crippen LogP contribution is -2.13. The second-order valence-corrected chi connectivity index (χ2v) is 8.25. The van der Waals surface area contributed by atoms with Crippen LogP contribution in [0.15, 0.2) is 35.0 Å². The first kappa shape index (κ1) is 24.1. The van der Waals surface area contributed by atoms with E-state index in [4.69, 9.17) is 32.6 Å². The molecule has 3 aromatic rings. The summed E-state index contributed by atoms with van der Waals surface area (Å²) in [5.74, 6) is 0.201. The molecule has 0 unspecified atom stereocenters. The van der Waals surface area contributed by atoms with E-state index in [0.717, 1.165) is 48.8 Å². The minimum absolute atomic E-state index is 0.241. The van der Waals surface area contributed by atoms with Crippen molar-refractivity contribution < 1.29 is 14.2 Å². The van der Waals surface area contributed by atoms with Crippen LogP contribution in [0, 0.1) is 0 Å². The number of ether oxygens (including phenoxy) is 1. The number of amides is 1. The van der Waals surface area contributed by atoms with E-state index in [9.17, 15) is 4.79 Å². The molecule has 0 aliphatic rings. The third-order valence-corrected chi connectivity index (χ3v) is 5.76. The van der Waals surface area contributed by atoms with Crippen LogP contribution in [0.4, 0.5) is 5.82 Å². The van der Waals surface area contributed by atoms with E-state index in [1.54, 1.807) is 0 Å². The van der Waals surface area contributed by atoms with Crippen LogP contribution in [-0.2, 0) is 12.8 Å². The van der Waals surface area contributed by atoms with Crippen LogP contribution in [0.3, 0.4) is 0 Å². The van der Waals surface area contributed by atoms with Crippen LogP contribution in [0.5, 0.6) is 5.75 Å². The Bertz CT molecular complexity index is 1060. The van der Waals surface area contributed by atoms with Gasteiger partial charge in [0.2, 0.25) is 5.82 Å². The van der Waals surface area contributed by atoms with Gasteiger partial charge in [-0.1, -0.05) is 68.9 Å². The first-order valence-electron chi connectivity index (χ1n) is 10.9. The highest BCUT2D eigenvalue weighted by Gasteiger charge is 2.20. The van der Waals surface area contributed by atoms with Crippen molar-refractivity contribution >= 4 is 34.9 Å². The smallest absolute Gasteiger partial charge is 0.257 e. The van der Waals surface area contributed by atoms with Gasteiger partial charge >= 0.3 is 0 Å². The maximum Gasteiger partial charge on any atom is 0.257 e. The van der Waals surface area contributed by atoms with Crippen LogP contribution in [0.2, 0.25) is 10.0 Å². The number of carbonyl (C=O) groups excluding carboxylic acids is 1. The summed E-state index contributed by atoms with van der Waals surface area (Å²) in [5.41, 5.74) is 3.90. The average Bonchev–Trinajstić information content (AvgIpc) is 3.25. The molecule has 1 N–H and O–H groups in total. The van der Waals surface area contributed by atoms with E-state index < -0.39 is 5.91 Å². The van der Waals surface area contributed by atoms with Gasteiger partial charge in [-0.25, -0.2) is 4.63 Å². The number of unbranched alkanes of at least 4 members (excludes halogenated alkanes) is 2. The quantitative estimate of drug-likeness (QED) is 0.319.